The van der Waals surface area contributed by atoms with Gasteiger partial charge in [0.1, 0.15) is 18.2 Å². The van der Waals surface area contributed by atoms with Crippen LogP contribution < -0.4 is 16.0 Å². The standard InChI is InChI=1S/C31H40ClN3O6/c1-19(2)16-24(28(37)34-25(29(38)40-5)17-21-14-15-33-27(21)36)35-30(39)41-26(20-10-7-6-8-11-20)31(3,4)22-12-9-13-23(32)18-22/h6-13,18-19,21,24-26H,14-17H2,1-5H3,(H,33,36)(H,34,37)(H,35,39)/t21-,24-,25-,26?/m0/s1. The van der Waals surface area contributed by atoms with Crippen LogP contribution >= 0.6 is 11.6 Å². The number of ether oxygens (including phenoxy) is 2. The summed E-state index contributed by atoms with van der Waals surface area (Å²) in [6.45, 7) is 8.28. The third kappa shape index (κ3) is 8.70. The lowest BCUT2D eigenvalue weighted by Crippen LogP contribution is -2.53. The SMILES string of the molecule is COC(=O)[C@H](C[C@@H]1CCNC1=O)NC(=O)[C@H](CC(C)C)NC(=O)OC(c1ccccc1)C(C)(C)c1cccc(Cl)c1. The van der Waals surface area contributed by atoms with Crippen LogP contribution in [-0.2, 0) is 29.3 Å². The van der Waals surface area contributed by atoms with Gasteiger partial charge in [0.15, 0.2) is 0 Å². The zero-order valence-corrected chi connectivity index (χ0v) is 25.0. The van der Waals surface area contributed by atoms with Gasteiger partial charge in [-0.3, -0.25) is 9.59 Å². The number of carbonyl (C=O) groups is 4. The fourth-order valence-corrected chi connectivity index (χ4v) is 5.26. The second-order valence-corrected chi connectivity index (χ2v) is 11.8. The van der Waals surface area contributed by atoms with Gasteiger partial charge in [0.25, 0.3) is 0 Å². The topological polar surface area (TPSA) is 123 Å². The fourth-order valence-electron chi connectivity index (χ4n) is 5.07. The van der Waals surface area contributed by atoms with E-state index in [4.69, 9.17) is 21.1 Å². The summed E-state index contributed by atoms with van der Waals surface area (Å²) in [5.41, 5.74) is 0.968. The van der Waals surface area contributed by atoms with Crippen LogP contribution in [0.15, 0.2) is 54.6 Å². The van der Waals surface area contributed by atoms with Crippen LogP contribution in [0.3, 0.4) is 0 Å². The molecule has 2 aromatic carbocycles. The first-order chi connectivity index (χ1) is 19.4. The number of benzene rings is 2. The third-order valence-electron chi connectivity index (χ3n) is 7.35. The first-order valence-electron chi connectivity index (χ1n) is 13.9. The summed E-state index contributed by atoms with van der Waals surface area (Å²) in [5, 5.41) is 8.71. The molecule has 0 aromatic heterocycles. The molecule has 3 amide bonds. The summed E-state index contributed by atoms with van der Waals surface area (Å²) in [6, 6.07) is 14.7. The average Bonchev–Trinajstić information content (AvgIpc) is 3.34. The molecule has 1 heterocycles. The van der Waals surface area contributed by atoms with Gasteiger partial charge >= 0.3 is 12.1 Å². The minimum absolute atomic E-state index is 0.0380. The lowest BCUT2D eigenvalue weighted by atomic mass is 9.76. The summed E-state index contributed by atoms with van der Waals surface area (Å²) in [4.78, 5) is 51.4. The fraction of sp³-hybridized carbons (Fsp3) is 0.484. The van der Waals surface area contributed by atoms with E-state index in [2.05, 4.69) is 16.0 Å². The molecule has 0 bridgehead atoms. The van der Waals surface area contributed by atoms with Crippen molar-refractivity contribution in [1.29, 1.82) is 0 Å². The highest BCUT2D eigenvalue weighted by Gasteiger charge is 2.38. The maximum absolute atomic E-state index is 13.4. The largest absolute Gasteiger partial charge is 0.467 e. The lowest BCUT2D eigenvalue weighted by Gasteiger charge is -2.35. The Labute approximate surface area is 246 Å². The van der Waals surface area contributed by atoms with Gasteiger partial charge in [-0.05, 0) is 48.4 Å². The molecule has 0 saturated carbocycles. The minimum atomic E-state index is -1.03. The van der Waals surface area contributed by atoms with Crippen molar-refractivity contribution in [2.45, 2.75) is 70.6 Å². The zero-order valence-electron chi connectivity index (χ0n) is 24.2. The highest BCUT2D eigenvalue weighted by atomic mass is 35.5. The first kappa shape index (κ1) is 31.9. The maximum Gasteiger partial charge on any atom is 0.408 e. The van der Waals surface area contributed by atoms with E-state index >= 15 is 0 Å². The Morgan fingerprint density at radius 3 is 2.34 bits per heavy atom. The van der Waals surface area contributed by atoms with Crippen molar-refractivity contribution in [3.05, 3.63) is 70.7 Å². The van der Waals surface area contributed by atoms with Gasteiger partial charge in [-0.25, -0.2) is 9.59 Å². The van der Waals surface area contributed by atoms with Crippen LogP contribution in [0.25, 0.3) is 0 Å². The van der Waals surface area contributed by atoms with Gasteiger partial charge in [-0.1, -0.05) is 81.8 Å². The number of hydrogen-bond donors (Lipinski definition) is 3. The van der Waals surface area contributed by atoms with Crippen molar-refractivity contribution in [2.75, 3.05) is 13.7 Å². The van der Waals surface area contributed by atoms with Gasteiger partial charge in [-0.15, -0.1) is 0 Å². The molecule has 0 aliphatic carbocycles. The molecule has 1 aliphatic heterocycles. The Bertz CT molecular complexity index is 1220. The number of esters is 1. The van der Waals surface area contributed by atoms with Gasteiger partial charge < -0.3 is 25.4 Å². The molecule has 0 radical (unpaired) electrons. The Morgan fingerprint density at radius 1 is 1.05 bits per heavy atom. The molecule has 1 unspecified atom stereocenters. The Kier molecular flexibility index (Phi) is 11.2. The average molecular weight is 586 g/mol. The van der Waals surface area contributed by atoms with Gasteiger partial charge in [0.05, 0.1) is 7.11 Å². The van der Waals surface area contributed by atoms with Gasteiger partial charge in [0, 0.05) is 22.9 Å². The third-order valence-corrected chi connectivity index (χ3v) is 7.59. The number of nitrogens with one attached hydrogen (secondary N) is 3. The molecule has 2 aromatic rings. The van der Waals surface area contributed by atoms with E-state index in [1.54, 1.807) is 6.07 Å². The van der Waals surface area contributed by atoms with Crippen molar-refractivity contribution in [2.24, 2.45) is 11.8 Å². The molecular weight excluding hydrogens is 546 g/mol. The quantitative estimate of drug-likeness (QED) is 0.311. The smallest absolute Gasteiger partial charge is 0.408 e. The van der Waals surface area contributed by atoms with Crippen molar-refractivity contribution in [3.8, 4) is 0 Å². The van der Waals surface area contributed by atoms with E-state index in [1.165, 1.54) is 7.11 Å². The molecular formula is C31H40ClN3O6. The molecule has 10 heteroatoms. The molecule has 222 valence electrons. The number of carbonyl (C=O) groups excluding carboxylic acids is 4. The number of methoxy groups -OCH3 is 1. The predicted molar refractivity (Wildman–Crippen MR) is 156 cm³/mol. The Morgan fingerprint density at radius 2 is 1.76 bits per heavy atom. The van der Waals surface area contributed by atoms with Gasteiger partial charge in [0.2, 0.25) is 11.8 Å². The molecule has 9 nitrogen and oxygen atoms in total. The molecule has 4 atom stereocenters. The van der Waals surface area contributed by atoms with E-state index < -0.39 is 47.5 Å². The molecule has 1 saturated heterocycles. The number of rotatable bonds is 12. The van der Waals surface area contributed by atoms with Gasteiger partial charge in [-0.2, -0.15) is 0 Å². The number of amides is 3. The highest BCUT2D eigenvalue weighted by molar-refractivity contribution is 6.30. The number of hydrogen-bond acceptors (Lipinski definition) is 6. The second-order valence-electron chi connectivity index (χ2n) is 11.4. The molecule has 3 N–H and O–H groups in total. The molecule has 1 aliphatic rings. The van der Waals surface area contributed by atoms with E-state index in [1.807, 2.05) is 76.2 Å². The number of halogens is 1. The molecule has 41 heavy (non-hydrogen) atoms. The van der Waals surface area contributed by atoms with Crippen molar-refractivity contribution in [3.63, 3.8) is 0 Å². The van der Waals surface area contributed by atoms with Crippen molar-refractivity contribution < 1.29 is 28.7 Å². The van der Waals surface area contributed by atoms with Crippen molar-refractivity contribution >= 4 is 35.5 Å². The molecule has 1 fully saturated rings. The monoisotopic (exact) mass is 585 g/mol. The van der Waals surface area contributed by atoms with Crippen LogP contribution in [-0.4, -0.2) is 49.6 Å². The summed E-state index contributed by atoms with van der Waals surface area (Å²) in [6.07, 6.45) is -0.529. The Balaban J connectivity index is 1.81. The lowest BCUT2D eigenvalue weighted by molar-refractivity contribution is -0.146. The maximum atomic E-state index is 13.4. The predicted octanol–water partition coefficient (Wildman–Crippen LogP) is 4.68. The summed E-state index contributed by atoms with van der Waals surface area (Å²) >= 11 is 6.28. The van der Waals surface area contributed by atoms with Crippen LogP contribution in [0, 0.1) is 11.8 Å². The van der Waals surface area contributed by atoms with Crippen molar-refractivity contribution in [1.82, 2.24) is 16.0 Å². The normalized spacial score (nSPS) is 17.2. The summed E-state index contributed by atoms with van der Waals surface area (Å²) in [7, 11) is 1.23. The van der Waals surface area contributed by atoms with Crippen LogP contribution in [0.2, 0.25) is 5.02 Å². The zero-order chi connectivity index (χ0) is 30.2. The van der Waals surface area contributed by atoms with E-state index in [0.717, 1.165) is 11.1 Å². The summed E-state index contributed by atoms with van der Waals surface area (Å²) < 4.78 is 10.9. The van der Waals surface area contributed by atoms with E-state index in [-0.39, 0.29) is 18.2 Å². The van der Waals surface area contributed by atoms with Crippen LogP contribution in [0.5, 0.6) is 0 Å². The van der Waals surface area contributed by atoms with E-state index in [9.17, 15) is 19.2 Å². The molecule has 0 spiro atoms. The highest BCUT2D eigenvalue weighted by Crippen LogP contribution is 2.40. The first-order valence-corrected chi connectivity index (χ1v) is 14.2. The molecule has 3 rings (SSSR count). The van der Waals surface area contributed by atoms with Crippen LogP contribution in [0.1, 0.15) is 64.2 Å². The Hall–Kier alpha value is -3.59. The summed E-state index contributed by atoms with van der Waals surface area (Å²) in [5.74, 6) is -1.76. The van der Waals surface area contributed by atoms with Crippen LogP contribution in [0.4, 0.5) is 4.79 Å². The number of alkyl carbamates (subject to hydrolysis) is 1. The second kappa shape index (κ2) is 14.3. The van der Waals surface area contributed by atoms with E-state index in [0.29, 0.717) is 24.4 Å². The minimum Gasteiger partial charge on any atom is -0.467 e.